The molecule has 0 fully saturated rings. The van der Waals surface area contributed by atoms with Gasteiger partial charge in [-0.1, -0.05) is 6.07 Å². The van der Waals surface area contributed by atoms with Gasteiger partial charge in [0.15, 0.2) is 6.23 Å². The molecule has 1 unspecified atom stereocenters. The van der Waals surface area contributed by atoms with Gasteiger partial charge in [0.1, 0.15) is 5.82 Å². The van der Waals surface area contributed by atoms with Gasteiger partial charge >= 0.3 is 0 Å². The summed E-state index contributed by atoms with van der Waals surface area (Å²) in [6.07, 6.45) is -1.11. The van der Waals surface area contributed by atoms with Crippen molar-refractivity contribution in [3.05, 3.63) is 34.1 Å². The van der Waals surface area contributed by atoms with Gasteiger partial charge in [-0.3, -0.25) is 10.5 Å². The van der Waals surface area contributed by atoms with Gasteiger partial charge in [0, 0.05) is 6.61 Å². The summed E-state index contributed by atoms with van der Waals surface area (Å²) in [6.45, 7) is 2.02. The van der Waals surface area contributed by atoms with Crippen molar-refractivity contribution in [3.63, 3.8) is 0 Å². The van der Waals surface area contributed by atoms with Crippen LogP contribution in [0.3, 0.4) is 0 Å². The summed E-state index contributed by atoms with van der Waals surface area (Å²) < 4.78 is 18.6. The van der Waals surface area contributed by atoms with E-state index in [0.717, 1.165) is 0 Å². The van der Waals surface area contributed by atoms with Crippen LogP contribution in [0.25, 0.3) is 0 Å². The highest BCUT2D eigenvalue weighted by Gasteiger charge is 2.20. The van der Waals surface area contributed by atoms with Crippen LogP contribution in [-0.2, 0) is 4.74 Å². The van der Waals surface area contributed by atoms with Crippen molar-refractivity contribution in [1.29, 1.82) is 0 Å². The summed E-state index contributed by atoms with van der Waals surface area (Å²) in [5, 5.41) is 0. The molecule has 0 saturated carbocycles. The number of ketones is 1. The number of ether oxygens (including phenoxy) is 1. The third-order valence-corrected chi connectivity index (χ3v) is 2.43. The second-order valence-corrected chi connectivity index (χ2v) is 3.70. The van der Waals surface area contributed by atoms with Crippen LogP contribution in [0.1, 0.15) is 17.3 Å². The standard InChI is InChI=1S/C10H11BrFNO2/c1-2-15-10(13)9(14)6-4-3-5-7(11)8(6)12/h3-5,10H,2,13H2,1H3. The second-order valence-electron chi connectivity index (χ2n) is 2.84. The molecule has 0 amide bonds. The molecule has 1 aromatic carbocycles. The van der Waals surface area contributed by atoms with Gasteiger partial charge in [0.25, 0.3) is 0 Å². The van der Waals surface area contributed by atoms with Crippen LogP contribution in [0.2, 0.25) is 0 Å². The summed E-state index contributed by atoms with van der Waals surface area (Å²) in [7, 11) is 0. The van der Waals surface area contributed by atoms with Crippen LogP contribution in [0.5, 0.6) is 0 Å². The van der Waals surface area contributed by atoms with E-state index in [-0.39, 0.29) is 10.0 Å². The first kappa shape index (κ1) is 12.3. The minimum Gasteiger partial charge on any atom is -0.356 e. The lowest BCUT2D eigenvalue weighted by molar-refractivity contribution is 0.0475. The predicted octanol–water partition coefficient (Wildman–Crippen LogP) is 2.09. The van der Waals surface area contributed by atoms with Crippen molar-refractivity contribution < 1.29 is 13.9 Å². The molecule has 0 heterocycles. The lowest BCUT2D eigenvalue weighted by Gasteiger charge is -2.11. The first-order valence-corrected chi connectivity index (χ1v) is 5.22. The molecule has 0 aliphatic carbocycles. The Kier molecular flexibility index (Phi) is 4.38. The monoisotopic (exact) mass is 275 g/mol. The van der Waals surface area contributed by atoms with Crippen LogP contribution < -0.4 is 5.73 Å². The van der Waals surface area contributed by atoms with E-state index in [0.29, 0.717) is 6.61 Å². The highest BCUT2D eigenvalue weighted by molar-refractivity contribution is 9.10. The molecule has 3 nitrogen and oxygen atoms in total. The fraction of sp³-hybridized carbons (Fsp3) is 0.300. The van der Waals surface area contributed by atoms with Crippen LogP contribution in [-0.4, -0.2) is 18.6 Å². The van der Waals surface area contributed by atoms with Crippen LogP contribution in [0, 0.1) is 5.82 Å². The van der Waals surface area contributed by atoms with E-state index in [1.165, 1.54) is 12.1 Å². The lowest BCUT2D eigenvalue weighted by atomic mass is 10.1. The van der Waals surface area contributed by atoms with E-state index < -0.39 is 17.8 Å². The third kappa shape index (κ3) is 2.84. The number of Topliss-reactive ketones (excluding diaryl/α,β-unsaturated/α-hetero) is 1. The van der Waals surface area contributed by atoms with Gasteiger partial charge in [-0.25, -0.2) is 4.39 Å². The Morgan fingerprint density at radius 3 is 2.93 bits per heavy atom. The molecule has 15 heavy (non-hydrogen) atoms. The fourth-order valence-corrected chi connectivity index (χ4v) is 1.47. The largest absolute Gasteiger partial charge is 0.356 e. The number of hydrogen-bond acceptors (Lipinski definition) is 3. The first-order chi connectivity index (χ1) is 7.07. The number of hydrogen-bond donors (Lipinski definition) is 1. The highest BCUT2D eigenvalue weighted by atomic mass is 79.9. The van der Waals surface area contributed by atoms with Gasteiger partial charge in [0.05, 0.1) is 10.0 Å². The Labute approximate surface area is 95.5 Å². The molecule has 0 spiro atoms. The molecule has 0 aromatic heterocycles. The molecule has 5 heteroatoms. The van der Waals surface area contributed by atoms with Gasteiger partial charge < -0.3 is 4.74 Å². The van der Waals surface area contributed by atoms with E-state index in [1.54, 1.807) is 13.0 Å². The molecule has 0 saturated heterocycles. The van der Waals surface area contributed by atoms with Crippen LogP contribution in [0.15, 0.2) is 22.7 Å². The molecule has 0 aliphatic heterocycles. The predicted molar refractivity (Wildman–Crippen MR) is 58.0 cm³/mol. The zero-order valence-corrected chi connectivity index (χ0v) is 9.75. The van der Waals surface area contributed by atoms with E-state index >= 15 is 0 Å². The Hall–Kier alpha value is -0.780. The molecule has 1 rings (SSSR count). The van der Waals surface area contributed by atoms with Crippen LogP contribution in [0.4, 0.5) is 4.39 Å². The van der Waals surface area contributed by atoms with Gasteiger partial charge in [-0.2, -0.15) is 0 Å². The van der Waals surface area contributed by atoms with Crippen molar-refractivity contribution in [2.45, 2.75) is 13.2 Å². The molecule has 1 atom stereocenters. The topological polar surface area (TPSA) is 52.3 Å². The molecule has 2 N–H and O–H groups in total. The molecule has 0 aliphatic rings. The number of rotatable bonds is 4. The summed E-state index contributed by atoms with van der Waals surface area (Å²) >= 11 is 2.99. The van der Waals surface area contributed by atoms with E-state index in [9.17, 15) is 9.18 Å². The Bertz CT molecular complexity index is 370. The Balaban J connectivity index is 2.96. The number of halogens is 2. The number of nitrogens with two attached hydrogens (primary N) is 1. The molecule has 1 aromatic rings. The van der Waals surface area contributed by atoms with Crippen molar-refractivity contribution in [2.24, 2.45) is 5.73 Å². The van der Waals surface area contributed by atoms with Crippen LogP contribution >= 0.6 is 15.9 Å². The number of benzene rings is 1. The molecule has 0 bridgehead atoms. The van der Waals surface area contributed by atoms with E-state index in [2.05, 4.69) is 15.9 Å². The van der Waals surface area contributed by atoms with Crippen molar-refractivity contribution in [2.75, 3.05) is 6.61 Å². The van der Waals surface area contributed by atoms with Crippen molar-refractivity contribution >= 4 is 21.7 Å². The smallest absolute Gasteiger partial charge is 0.209 e. The summed E-state index contributed by atoms with van der Waals surface area (Å²) in [5.41, 5.74) is 5.36. The normalized spacial score (nSPS) is 12.5. The summed E-state index contributed by atoms with van der Waals surface area (Å²) in [5.74, 6) is -1.17. The van der Waals surface area contributed by atoms with Crippen molar-refractivity contribution in [3.8, 4) is 0 Å². The molecular weight excluding hydrogens is 265 g/mol. The Morgan fingerprint density at radius 1 is 1.67 bits per heavy atom. The van der Waals surface area contributed by atoms with E-state index in [1.807, 2.05) is 0 Å². The van der Waals surface area contributed by atoms with Gasteiger partial charge in [-0.05, 0) is 35.0 Å². The minimum atomic E-state index is -1.11. The zero-order chi connectivity index (χ0) is 11.4. The molecule has 82 valence electrons. The minimum absolute atomic E-state index is 0.0645. The average Bonchev–Trinajstić information content (AvgIpc) is 2.21. The lowest BCUT2D eigenvalue weighted by Crippen LogP contribution is -2.34. The maximum atomic E-state index is 13.5. The average molecular weight is 276 g/mol. The maximum Gasteiger partial charge on any atom is 0.209 e. The van der Waals surface area contributed by atoms with E-state index in [4.69, 9.17) is 10.5 Å². The van der Waals surface area contributed by atoms with Gasteiger partial charge in [0.2, 0.25) is 5.78 Å². The highest BCUT2D eigenvalue weighted by Crippen LogP contribution is 2.19. The zero-order valence-electron chi connectivity index (χ0n) is 8.17. The van der Waals surface area contributed by atoms with Gasteiger partial charge in [-0.15, -0.1) is 0 Å². The number of carbonyl (C=O) groups excluding carboxylic acids is 1. The fourth-order valence-electron chi connectivity index (χ4n) is 1.10. The maximum absolute atomic E-state index is 13.5. The SMILES string of the molecule is CCOC(N)C(=O)c1cccc(Br)c1F. The first-order valence-electron chi connectivity index (χ1n) is 4.43. The molecular formula is C10H11BrFNO2. The summed E-state index contributed by atoms with van der Waals surface area (Å²) in [6, 6.07) is 4.46. The quantitative estimate of drug-likeness (QED) is 0.676. The Morgan fingerprint density at radius 2 is 2.33 bits per heavy atom. The molecule has 0 radical (unpaired) electrons. The second kappa shape index (κ2) is 5.34. The van der Waals surface area contributed by atoms with Crippen molar-refractivity contribution in [1.82, 2.24) is 0 Å². The number of carbonyl (C=O) groups is 1. The summed E-state index contributed by atoms with van der Waals surface area (Å²) in [4.78, 5) is 11.6. The third-order valence-electron chi connectivity index (χ3n) is 1.82.